The number of rotatable bonds is 6. The Labute approximate surface area is 192 Å². The number of carbonyl (C=O) groups excluding carboxylic acids is 2. The smallest absolute Gasteiger partial charge is 0.250 e. The Hall–Kier alpha value is -2.94. The molecular weight excluding hydrogens is 454 g/mol. The van der Waals surface area contributed by atoms with E-state index in [1.807, 2.05) is 35.7 Å². The molecule has 158 valence electrons. The summed E-state index contributed by atoms with van der Waals surface area (Å²) in [7, 11) is 0. The molecule has 2 N–H and O–H groups in total. The topological polar surface area (TPSA) is 80.3 Å². The standard InChI is InChI=1S/C22H18ClN3O3S2/c1-13(27)24-10-17-4-6-20(31-17)18-12-30-22(25-18)26-21(28)7-2-14-8-15-9-16(23)3-5-19(15)29-11-14/h2-9,12H,10-11H2,1H3,(H,24,27)(H,25,26,28)/b7-2+. The summed E-state index contributed by atoms with van der Waals surface area (Å²) in [6, 6.07) is 9.36. The lowest BCUT2D eigenvalue weighted by atomic mass is 10.1. The highest BCUT2D eigenvalue weighted by molar-refractivity contribution is 7.17. The van der Waals surface area contributed by atoms with Crippen LogP contribution < -0.4 is 15.4 Å². The summed E-state index contributed by atoms with van der Waals surface area (Å²) in [4.78, 5) is 29.8. The minimum Gasteiger partial charge on any atom is -0.488 e. The Morgan fingerprint density at radius 3 is 3.00 bits per heavy atom. The molecule has 0 radical (unpaired) electrons. The Bertz CT molecular complexity index is 1200. The number of carbonyl (C=O) groups is 2. The zero-order valence-electron chi connectivity index (χ0n) is 16.5. The predicted octanol–water partition coefficient (Wildman–Crippen LogP) is 5.13. The van der Waals surface area contributed by atoms with Gasteiger partial charge in [0, 0.05) is 33.8 Å². The van der Waals surface area contributed by atoms with Gasteiger partial charge in [-0.2, -0.15) is 0 Å². The zero-order valence-corrected chi connectivity index (χ0v) is 18.9. The summed E-state index contributed by atoms with van der Waals surface area (Å²) >= 11 is 8.95. The maximum absolute atomic E-state index is 12.3. The molecule has 0 saturated carbocycles. The predicted molar refractivity (Wildman–Crippen MR) is 126 cm³/mol. The number of hydrogen-bond donors (Lipinski definition) is 2. The Morgan fingerprint density at radius 2 is 2.16 bits per heavy atom. The van der Waals surface area contributed by atoms with Crippen LogP contribution in [-0.4, -0.2) is 23.4 Å². The summed E-state index contributed by atoms with van der Waals surface area (Å²) in [6.45, 7) is 2.37. The van der Waals surface area contributed by atoms with E-state index in [1.54, 1.807) is 23.5 Å². The summed E-state index contributed by atoms with van der Waals surface area (Å²) in [5.74, 6) is 0.441. The number of benzene rings is 1. The minimum atomic E-state index is -0.267. The normalized spacial score (nSPS) is 12.8. The van der Waals surface area contributed by atoms with Crippen LogP contribution in [0.25, 0.3) is 16.6 Å². The SMILES string of the molecule is CC(=O)NCc1ccc(-c2csc(NC(=O)/C=C/C3=Cc4cc(Cl)ccc4OC3)n2)s1. The Kier molecular flexibility index (Phi) is 6.50. The van der Waals surface area contributed by atoms with Gasteiger partial charge in [-0.25, -0.2) is 4.98 Å². The second-order valence-electron chi connectivity index (χ2n) is 6.73. The molecule has 2 amide bonds. The number of nitrogens with one attached hydrogen (secondary N) is 2. The first kappa shape index (κ1) is 21.3. The van der Waals surface area contributed by atoms with Crippen molar-refractivity contribution in [3.8, 4) is 16.3 Å². The van der Waals surface area contributed by atoms with Gasteiger partial charge in [0.2, 0.25) is 11.8 Å². The van der Waals surface area contributed by atoms with Gasteiger partial charge in [0.05, 0.1) is 17.1 Å². The Balaban J connectivity index is 1.37. The van der Waals surface area contributed by atoms with Crippen LogP contribution in [0.3, 0.4) is 0 Å². The second kappa shape index (κ2) is 9.47. The van der Waals surface area contributed by atoms with Crippen molar-refractivity contribution in [2.75, 3.05) is 11.9 Å². The number of halogens is 1. The number of fused-ring (bicyclic) bond motifs is 1. The van der Waals surface area contributed by atoms with Gasteiger partial charge in [0.1, 0.15) is 12.4 Å². The van der Waals surface area contributed by atoms with E-state index in [0.29, 0.717) is 23.3 Å². The third-order valence-corrected chi connectivity index (χ3v) is 6.42. The van der Waals surface area contributed by atoms with Gasteiger partial charge in [-0.3, -0.25) is 14.9 Å². The van der Waals surface area contributed by atoms with Gasteiger partial charge in [-0.1, -0.05) is 17.7 Å². The quantitative estimate of drug-likeness (QED) is 0.488. The van der Waals surface area contributed by atoms with E-state index in [4.69, 9.17) is 16.3 Å². The molecule has 4 rings (SSSR count). The number of anilines is 1. The molecule has 1 aromatic carbocycles. The highest BCUT2D eigenvalue weighted by Gasteiger charge is 2.12. The van der Waals surface area contributed by atoms with Crippen LogP contribution in [-0.2, 0) is 16.1 Å². The molecule has 0 unspecified atom stereocenters. The summed E-state index contributed by atoms with van der Waals surface area (Å²) < 4.78 is 5.68. The van der Waals surface area contributed by atoms with Crippen LogP contribution in [0.4, 0.5) is 5.13 Å². The fourth-order valence-electron chi connectivity index (χ4n) is 2.86. The van der Waals surface area contributed by atoms with Gasteiger partial charge in [-0.05, 0) is 42.0 Å². The molecule has 0 aliphatic carbocycles. The number of amides is 2. The molecule has 3 heterocycles. The maximum Gasteiger partial charge on any atom is 0.250 e. The third kappa shape index (κ3) is 5.61. The highest BCUT2D eigenvalue weighted by Crippen LogP contribution is 2.31. The lowest BCUT2D eigenvalue weighted by Gasteiger charge is -2.16. The molecule has 0 bridgehead atoms. The summed E-state index contributed by atoms with van der Waals surface area (Å²) in [5, 5.41) is 8.61. The van der Waals surface area contributed by atoms with Crippen LogP contribution in [0.2, 0.25) is 5.02 Å². The van der Waals surface area contributed by atoms with E-state index in [1.165, 1.54) is 24.3 Å². The number of hydrogen-bond acceptors (Lipinski definition) is 6. The lowest BCUT2D eigenvalue weighted by molar-refractivity contribution is -0.119. The van der Waals surface area contributed by atoms with E-state index in [2.05, 4.69) is 15.6 Å². The van der Waals surface area contributed by atoms with Crippen molar-refractivity contribution in [3.05, 3.63) is 68.9 Å². The van der Waals surface area contributed by atoms with Crippen LogP contribution in [0, 0.1) is 0 Å². The zero-order chi connectivity index (χ0) is 21.8. The van der Waals surface area contributed by atoms with E-state index < -0.39 is 0 Å². The van der Waals surface area contributed by atoms with Crippen molar-refractivity contribution in [1.82, 2.24) is 10.3 Å². The van der Waals surface area contributed by atoms with Crippen molar-refractivity contribution in [3.63, 3.8) is 0 Å². The van der Waals surface area contributed by atoms with Gasteiger partial charge >= 0.3 is 0 Å². The van der Waals surface area contributed by atoms with Gasteiger partial charge < -0.3 is 10.1 Å². The monoisotopic (exact) mass is 471 g/mol. The first-order chi connectivity index (χ1) is 15.0. The molecule has 1 aliphatic rings. The van der Waals surface area contributed by atoms with Crippen LogP contribution >= 0.6 is 34.3 Å². The Morgan fingerprint density at radius 1 is 1.29 bits per heavy atom. The highest BCUT2D eigenvalue weighted by atomic mass is 35.5. The molecule has 9 heteroatoms. The van der Waals surface area contributed by atoms with E-state index >= 15 is 0 Å². The van der Waals surface area contributed by atoms with Crippen molar-refractivity contribution in [1.29, 1.82) is 0 Å². The van der Waals surface area contributed by atoms with E-state index in [-0.39, 0.29) is 11.8 Å². The molecule has 2 aromatic heterocycles. The summed E-state index contributed by atoms with van der Waals surface area (Å²) in [5.41, 5.74) is 2.55. The van der Waals surface area contributed by atoms with Crippen molar-refractivity contribution in [2.45, 2.75) is 13.5 Å². The minimum absolute atomic E-state index is 0.0646. The van der Waals surface area contributed by atoms with Crippen LogP contribution in [0.1, 0.15) is 17.4 Å². The largest absolute Gasteiger partial charge is 0.488 e. The number of ether oxygens (including phenoxy) is 1. The van der Waals surface area contributed by atoms with E-state index in [0.717, 1.165) is 32.3 Å². The average Bonchev–Trinajstić information content (AvgIpc) is 3.40. The first-order valence-electron chi connectivity index (χ1n) is 9.37. The molecule has 0 atom stereocenters. The van der Waals surface area contributed by atoms with Crippen molar-refractivity contribution >= 4 is 57.3 Å². The van der Waals surface area contributed by atoms with Crippen LogP contribution in [0.5, 0.6) is 5.75 Å². The molecule has 3 aromatic rings. The number of aromatic nitrogens is 1. The van der Waals surface area contributed by atoms with Gasteiger partial charge in [-0.15, -0.1) is 22.7 Å². The fraction of sp³-hybridized carbons (Fsp3) is 0.136. The van der Waals surface area contributed by atoms with Gasteiger partial charge in [0.15, 0.2) is 5.13 Å². The maximum atomic E-state index is 12.3. The van der Waals surface area contributed by atoms with E-state index in [9.17, 15) is 9.59 Å². The third-order valence-electron chi connectivity index (χ3n) is 4.32. The second-order valence-corrected chi connectivity index (χ2v) is 9.19. The molecule has 0 saturated heterocycles. The van der Waals surface area contributed by atoms with Crippen molar-refractivity contribution < 1.29 is 14.3 Å². The molecule has 0 spiro atoms. The summed E-state index contributed by atoms with van der Waals surface area (Å²) in [6.07, 6.45) is 5.13. The molecule has 0 fully saturated rings. The molecular formula is C22H18ClN3O3S2. The number of nitrogens with zero attached hydrogens (tertiary/aromatic N) is 1. The number of thiazole rings is 1. The van der Waals surface area contributed by atoms with Crippen molar-refractivity contribution in [2.24, 2.45) is 0 Å². The van der Waals surface area contributed by atoms with Crippen LogP contribution in [0.15, 0.2) is 53.4 Å². The average molecular weight is 472 g/mol. The molecule has 1 aliphatic heterocycles. The lowest BCUT2D eigenvalue weighted by Crippen LogP contribution is -2.17. The first-order valence-corrected chi connectivity index (χ1v) is 11.4. The van der Waals surface area contributed by atoms with Gasteiger partial charge in [0.25, 0.3) is 0 Å². The fourth-order valence-corrected chi connectivity index (χ4v) is 4.74. The molecule has 6 nitrogen and oxygen atoms in total. The number of thiophene rings is 1. The molecule has 31 heavy (non-hydrogen) atoms.